The van der Waals surface area contributed by atoms with Crippen LogP contribution in [0.2, 0.25) is 0 Å². The third kappa shape index (κ3) is 4.03. The molecule has 2 fully saturated rings. The molecule has 2 saturated heterocycles. The molecule has 0 aliphatic carbocycles. The Hall–Kier alpha value is -1.88. The smallest absolute Gasteiger partial charge is 0.246 e. The molecule has 0 unspecified atom stereocenters. The second-order valence-corrected chi connectivity index (χ2v) is 7.31. The van der Waals surface area contributed by atoms with E-state index in [0.29, 0.717) is 13.1 Å². The zero-order chi connectivity index (χ0) is 17.8. The number of benzene rings is 1. The van der Waals surface area contributed by atoms with Gasteiger partial charge in [-0.2, -0.15) is 0 Å². The van der Waals surface area contributed by atoms with Crippen LogP contribution in [-0.2, 0) is 16.0 Å². The van der Waals surface area contributed by atoms with Gasteiger partial charge in [-0.3, -0.25) is 14.5 Å². The van der Waals surface area contributed by atoms with Gasteiger partial charge in [-0.15, -0.1) is 0 Å². The number of amides is 2. The molecule has 0 saturated carbocycles. The molecule has 1 N–H and O–H groups in total. The number of hydrogen-bond acceptors (Lipinski definition) is 3. The fourth-order valence-electron chi connectivity index (χ4n) is 3.79. The molecule has 0 radical (unpaired) electrons. The lowest BCUT2D eigenvalue weighted by Crippen LogP contribution is -2.70. The van der Waals surface area contributed by atoms with Gasteiger partial charge >= 0.3 is 0 Å². The minimum Gasteiger partial charge on any atom is -0.342 e. The van der Waals surface area contributed by atoms with Crippen molar-refractivity contribution in [3.8, 4) is 0 Å². The van der Waals surface area contributed by atoms with E-state index in [1.54, 1.807) is 0 Å². The van der Waals surface area contributed by atoms with E-state index < -0.39 is 0 Å². The monoisotopic (exact) mass is 343 g/mol. The number of fused-ring (bicyclic) bond motifs is 1. The lowest BCUT2D eigenvalue weighted by Gasteiger charge is -2.46. The quantitative estimate of drug-likeness (QED) is 0.855. The molecular formula is C20H29N3O2. The van der Waals surface area contributed by atoms with Gasteiger partial charge < -0.3 is 10.2 Å². The summed E-state index contributed by atoms with van der Waals surface area (Å²) in [6.45, 7) is 7.23. The Kier molecular flexibility index (Phi) is 5.74. The van der Waals surface area contributed by atoms with E-state index in [0.717, 1.165) is 32.4 Å². The second kappa shape index (κ2) is 8.00. The van der Waals surface area contributed by atoms with Crippen LogP contribution in [0, 0.1) is 5.92 Å². The Morgan fingerprint density at radius 1 is 1.20 bits per heavy atom. The van der Waals surface area contributed by atoms with Crippen LogP contribution in [0.5, 0.6) is 0 Å². The van der Waals surface area contributed by atoms with Gasteiger partial charge in [-0.05, 0) is 30.9 Å². The second-order valence-electron chi connectivity index (χ2n) is 7.31. The molecule has 3 rings (SSSR count). The molecule has 2 amide bonds. The molecule has 1 aromatic rings. The highest BCUT2D eigenvalue weighted by atomic mass is 16.2. The summed E-state index contributed by atoms with van der Waals surface area (Å²) in [6.07, 6.45) is 3.01. The number of nitrogens with one attached hydrogen (secondary N) is 1. The Bertz CT molecular complexity index is 604. The predicted octanol–water partition coefficient (Wildman–Crippen LogP) is 1.68. The summed E-state index contributed by atoms with van der Waals surface area (Å²) in [5.41, 5.74) is 1.35. The maximum absolute atomic E-state index is 12.7. The molecule has 136 valence electrons. The molecule has 0 aromatic heterocycles. The van der Waals surface area contributed by atoms with Crippen molar-refractivity contribution >= 4 is 11.8 Å². The first-order valence-corrected chi connectivity index (χ1v) is 9.47. The van der Waals surface area contributed by atoms with E-state index in [2.05, 4.69) is 41.4 Å². The van der Waals surface area contributed by atoms with E-state index in [-0.39, 0.29) is 29.8 Å². The van der Waals surface area contributed by atoms with E-state index in [1.807, 2.05) is 17.9 Å². The summed E-state index contributed by atoms with van der Waals surface area (Å²) in [5, 5.41) is 2.96. The Balaban J connectivity index is 1.53. The average molecular weight is 343 g/mol. The van der Waals surface area contributed by atoms with Crippen molar-refractivity contribution in [2.75, 3.05) is 26.2 Å². The van der Waals surface area contributed by atoms with Crippen molar-refractivity contribution < 1.29 is 9.59 Å². The molecule has 5 heteroatoms. The molecule has 2 aliphatic heterocycles. The van der Waals surface area contributed by atoms with E-state index >= 15 is 0 Å². The Labute approximate surface area is 150 Å². The number of piperazine rings is 2. The number of carbonyl (C=O) groups excluding carboxylic acids is 2. The predicted molar refractivity (Wildman–Crippen MR) is 98.1 cm³/mol. The molecular weight excluding hydrogens is 314 g/mol. The van der Waals surface area contributed by atoms with Crippen LogP contribution in [0.25, 0.3) is 0 Å². The van der Waals surface area contributed by atoms with Crippen molar-refractivity contribution in [3.05, 3.63) is 35.9 Å². The van der Waals surface area contributed by atoms with Crippen molar-refractivity contribution in [3.63, 3.8) is 0 Å². The summed E-state index contributed by atoms with van der Waals surface area (Å²) < 4.78 is 0. The standard InChI is InChI=1S/C20H29N3O2/c1-3-15(2)18-20(25)23-13-12-22(14-17(23)19(24)21-18)11-7-10-16-8-5-4-6-9-16/h4-6,8-9,15,17-18H,3,7,10-14H2,1-2H3,(H,21,24)/t15-,17+,18-/m0/s1. The van der Waals surface area contributed by atoms with Crippen LogP contribution in [-0.4, -0.2) is 59.9 Å². The van der Waals surface area contributed by atoms with Gasteiger partial charge in [0.15, 0.2) is 0 Å². The number of carbonyl (C=O) groups is 2. The van der Waals surface area contributed by atoms with E-state index in [9.17, 15) is 9.59 Å². The Morgan fingerprint density at radius 3 is 2.68 bits per heavy atom. The minimum atomic E-state index is -0.349. The fraction of sp³-hybridized carbons (Fsp3) is 0.600. The van der Waals surface area contributed by atoms with Crippen LogP contribution in [0.1, 0.15) is 32.3 Å². The van der Waals surface area contributed by atoms with Gasteiger partial charge in [0.05, 0.1) is 0 Å². The van der Waals surface area contributed by atoms with Crippen molar-refractivity contribution in [1.29, 1.82) is 0 Å². The van der Waals surface area contributed by atoms with Crippen LogP contribution in [0.3, 0.4) is 0 Å². The van der Waals surface area contributed by atoms with Gasteiger partial charge in [0.1, 0.15) is 12.1 Å². The molecule has 0 bridgehead atoms. The minimum absolute atomic E-state index is 0.0117. The molecule has 3 atom stereocenters. The third-order valence-electron chi connectivity index (χ3n) is 5.61. The maximum atomic E-state index is 12.7. The highest BCUT2D eigenvalue weighted by Crippen LogP contribution is 2.21. The first-order valence-electron chi connectivity index (χ1n) is 9.47. The molecule has 25 heavy (non-hydrogen) atoms. The Morgan fingerprint density at radius 2 is 1.96 bits per heavy atom. The largest absolute Gasteiger partial charge is 0.342 e. The highest BCUT2D eigenvalue weighted by Gasteiger charge is 2.44. The van der Waals surface area contributed by atoms with Crippen molar-refractivity contribution in [2.24, 2.45) is 5.92 Å². The van der Waals surface area contributed by atoms with Crippen molar-refractivity contribution in [1.82, 2.24) is 15.1 Å². The van der Waals surface area contributed by atoms with Gasteiger partial charge in [0, 0.05) is 19.6 Å². The lowest BCUT2D eigenvalue weighted by molar-refractivity contribution is -0.154. The summed E-state index contributed by atoms with van der Waals surface area (Å²) >= 11 is 0. The first-order chi connectivity index (χ1) is 12.1. The van der Waals surface area contributed by atoms with Crippen molar-refractivity contribution in [2.45, 2.75) is 45.2 Å². The molecule has 1 aromatic carbocycles. The van der Waals surface area contributed by atoms with Gasteiger partial charge in [0.25, 0.3) is 0 Å². The fourth-order valence-corrected chi connectivity index (χ4v) is 3.79. The normalized spacial score (nSPS) is 25.4. The van der Waals surface area contributed by atoms with Gasteiger partial charge in [-0.1, -0.05) is 50.6 Å². The molecule has 5 nitrogen and oxygen atoms in total. The topological polar surface area (TPSA) is 52.7 Å². The zero-order valence-corrected chi connectivity index (χ0v) is 15.3. The number of nitrogens with zero attached hydrogens (tertiary/aromatic N) is 2. The number of rotatable bonds is 6. The zero-order valence-electron chi connectivity index (χ0n) is 15.3. The van der Waals surface area contributed by atoms with Crippen LogP contribution >= 0.6 is 0 Å². The van der Waals surface area contributed by atoms with Crippen LogP contribution in [0.15, 0.2) is 30.3 Å². The number of aryl methyl sites for hydroxylation is 1. The van der Waals surface area contributed by atoms with Gasteiger partial charge in [0.2, 0.25) is 11.8 Å². The summed E-state index contributed by atoms with van der Waals surface area (Å²) in [4.78, 5) is 29.3. The van der Waals surface area contributed by atoms with Crippen LogP contribution < -0.4 is 5.32 Å². The summed E-state index contributed by atoms with van der Waals surface area (Å²) in [7, 11) is 0. The lowest BCUT2D eigenvalue weighted by atomic mass is 9.93. The average Bonchev–Trinajstić information content (AvgIpc) is 2.65. The molecule has 2 heterocycles. The van der Waals surface area contributed by atoms with Crippen LogP contribution in [0.4, 0.5) is 0 Å². The van der Waals surface area contributed by atoms with E-state index in [4.69, 9.17) is 0 Å². The number of hydrogen-bond donors (Lipinski definition) is 1. The third-order valence-corrected chi connectivity index (χ3v) is 5.61. The SMILES string of the molecule is CC[C@H](C)[C@@H]1NC(=O)[C@H]2CN(CCCc3ccccc3)CCN2C1=O. The van der Waals surface area contributed by atoms with Gasteiger partial charge in [-0.25, -0.2) is 0 Å². The summed E-state index contributed by atoms with van der Waals surface area (Å²) in [5.74, 6) is 0.293. The highest BCUT2D eigenvalue weighted by molar-refractivity contribution is 5.97. The van der Waals surface area contributed by atoms with E-state index in [1.165, 1.54) is 5.56 Å². The summed E-state index contributed by atoms with van der Waals surface area (Å²) in [6, 6.07) is 9.81. The molecule has 2 aliphatic rings. The molecule has 0 spiro atoms. The first kappa shape index (κ1) is 17.9. The maximum Gasteiger partial charge on any atom is 0.246 e.